The summed E-state index contributed by atoms with van der Waals surface area (Å²) in [5.74, 6) is 0.555. The number of pyridine rings is 1. The zero-order valence-corrected chi connectivity index (χ0v) is 8.99. The van der Waals surface area contributed by atoms with Crippen LogP contribution in [0.3, 0.4) is 0 Å². The molecule has 4 nitrogen and oxygen atoms in total. The van der Waals surface area contributed by atoms with Gasteiger partial charge in [-0.2, -0.15) is 0 Å². The standard InChI is InChI=1S/C11H17N3O/c1-13-7-11(4-5-11)8-15-10-9(12)3-2-6-14-10/h2-3,6,13H,4-5,7-8,12H2,1H3. The number of nitrogens with one attached hydrogen (secondary N) is 1. The van der Waals surface area contributed by atoms with E-state index in [1.54, 1.807) is 12.3 Å². The van der Waals surface area contributed by atoms with Crippen LogP contribution in [0.1, 0.15) is 12.8 Å². The van der Waals surface area contributed by atoms with Gasteiger partial charge in [-0.3, -0.25) is 0 Å². The minimum absolute atomic E-state index is 0.318. The molecule has 2 rings (SSSR count). The van der Waals surface area contributed by atoms with Gasteiger partial charge in [0.2, 0.25) is 5.88 Å². The molecular formula is C11H17N3O. The van der Waals surface area contributed by atoms with Crippen LogP contribution in [0.25, 0.3) is 0 Å². The summed E-state index contributed by atoms with van der Waals surface area (Å²) in [4.78, 5) is 4.10. The number of nitrogens with two attached hydrogens (primary N) is 1. The van der Waals surface area contributed by atoms with Crippen LogP contribution in [0.5, 0.6) is 5.88 Å². The number of nitrogen functional groups attached to an aromatic ring is 1. The van der Waals surface area contributed by atoms with Crippen LogP contribution >= 0.6 is 0 Å². The molecule has 0 aromatic carbocycles. The molecule has 0 amide bonds. The minimum Gasteiger partial charge on any atom is -0.476 e. The molecule has 82 valence electrons. The summed E-state index contributed by atoms with van der Waals surface area (Å²) in [5.41, 5.74) is 6.67. The second-order valence-corrected chi connectivity index (χ2v) is 4.22. The lowest BCUT2D eigenvalue weighted by molar-refractivity contribution is 0.225. The molecule has 4 heteroatoms. The summed E-state index contributed by atoms with van der Waals surface area (Å²) in [5, 5.41) is 3.19. The van der Waals surface area contributed by atoms with E-state index in [4.69, 9.17) is 10.5 Å². The molecule has 15 heavy (non-hydrogen) atoms. The molecule has 1 aliphatic carbocycles. The van der Waals surface area contributed by atoms with Crippen molar-refractivity contribution in [3.8, 4) is 5.88 Å². The Labute approximate surface area is 89.8 Å². The Morgan fingerprint density at radius 3 is 3.00 bits per heavy atom. The highest BCUT2D eigenvalue weighted by atomic mass is 16.5. The van der Waals surface area contributed by atoms with Crippen LogP contribution in [-0.4, -0.2) is 25.2 Å². The van der Waals surface area contributed by atoms with Gasteiger partial charge < -0.3 is 15.8 Å². The van der Waals surface area contributed by atoms with Crippen LogP contribution in [0.15, 0.2) is 18.3 Å². The summed E-state index contributed by atoms with van der Waals surface area (Å²) < 4.78 is 5.64. The Morgan fingerprint density at radius 1 is 1.60 bits per heavy atom. The van der Waals surface area contributed by atoms with Crippen molar-refractivity contribution < 1.29 is 4.74 Å². The van der Waals surface area contributed by atoms with Gasteiger partial charge in [-0.25, -0.2) is 4.98 Å². The summed E-state index contributed by atoms with van der Waals surface area (Å²) in [6, 6.07) is 3.61. The Morgan fingerprint density at radius 2 is 2.40 bits per heavy atom. The van der Waals surface area contributed by atoms with E-state index in [0.717, 1.165) is 6.54 Å². The average molecular weight is 207 g/mol. The van der Waals surface area contributed by atoms with Crippen molar-refractivity contribution >= 4 is 5.69 Å². The van der Waals surface area contributed by atoms with Gasteiger partial charge in [0, 0.05) is 18.2 Å². The fourth-order valence-electron chi connectivity index (χ4n) is 1.67. The fraction of sp³-hybridized carbons (Fsp3) is 0.545. The molecule has 1 fully saturated rings. The van der Waals surface area contributed by atoms with Crippen LogP contribution in [0.4, 0.5) is 5.69 Å². The zero-order chi connectivity index (χ0) is 10.7. The summed E-state index contributed by atoms with van der Waals surface area (Å²) in [7, 11) is 1.97. The van der Waals surface area contributed by atoms with Crippen LogP contribution < -0.4 is 15.8 Å². The lowest BCUT2D eigenvalue weighted by Crippen LogP contribution is -2.26. The van der Waals surface area contributed by atoms with E-state index in [1.165, 1.54) is 12.8 Å². The molecule has 0 bridgehead atoms. The van der Waals surface area contributed by atoms with E-state index < -0.39 is 0 Å². The van der Waals surface area contributed by atoms with E-state index in [2.05, 4.69) is 10.3 Å². The molecule has 0 aliphatic heterocycles. The normalized spacial score (nSPS) is 17.4. The molecule has 0 unspecified atom stereocenters. The maximum absolute atomic E-state index is 5.74. The molecule has 1 aromatic heterocycles. The van der Waals surface area contributed by atoms with Crippen molar-refractivity contribution in [1.29, 1.82) is 0 Å². The van der Waals surface area contributed by atoms with Crippen molar-refractivity contribution in [2.45, 2.75) is 12.8 Å². The molecule has 3 N–H and O–H groups in total. The molecule has 1 heterocycles. The van der Waals surface area contributed by atoms with Gasteiger partial charge in [0.05, 0.1) is 12.3 Å². The van der Waals surface area contributed by atoms with Gasteiger partial charge in [0.25, 0.3) is 0 Å². The largest absolute Gasteiger partial charge is 0.476 e. The SMILES string of the molecule is CNCC1(COc2ncccc2N)CC1. The number of anilines is 1. The smallest absolute Gasteiger partial charge is 0.237 e. The fourth-order valence-corrected chi connectivity index (χ4v) is 1.67. The average Bonchev–Trinajstić information content (AvgIpc) is 2.98. The van der Waals surface area contributed by atoms with Crippen molar-refractivity contribution in [3.63, 3.8) is 0 Å². The topological polar surface area (TPSA) is 60.2 Å². The minimum atomic E-state index is 0.318. The number of aromatic nitrogens is 1. The van der Waals surface area contributed by atoms with E-state index in [-0.39, 0.29) is 0 Å². The highest BCUT2D eigenvalue weighted by Gasteiger charge is 2.42. The lowest BCUT2D eigenvalue weighted by Gasteiger charge is -2.15. The predicted molar refractivity (Wildman–Crippen MR) is 59.7 cm³/mol. The zero-order valence-electron chi connectivity index (χ0n) is 8.99. The van der Waals surface area contributed by atoms with E-state index in [1.807, 2.05) is 13.1 Å². The molecular weight excluding hydrogens is 190 g/mol. The molecule has 1 aliphatic rings. The first-order chi connectivity index (χ1) is 7.26. The van der Waals surface area contributed by atoms with Crippen LogP contribution in [0.2, 0.25) is 0 Å². The Bertz CT molecular complexity index is 336. The molecule has 0 atom stereocenters. The third kappa shape index (κ3) is 2.39. The van der Waals surface area contributed by atoms with Gasteiger partial charge in [-0.05, 0) is 32.0 Å². The number of ether oxygens (including phenoxy) is 1. The van der Waals surface area contributed by atoms with Gasteiger partial charge in [-0.15, -0.1) is 0 Å². The van der Waals surface area contributed by atoms with Gasteiger partial charge >= 0.3 is 0 Å². The number of rotatable bonds is 5. The summed E-state index contributed by atoms with van der Waals surface area (Å²) in [6.45, 7) is 1.70. The van der Waals surface area contributed by atoms with E-state index >= 15 is 0 Å². The third-order valence-corrected chi connectivity index (χ3v) is 2.82. The van der Waals surface area contributed by atoms with Crippen molar-refractivity contribution in [2.75, 3.05) is 25.9 Å². The first-order valence-corrected chi connectivity index (χ1v) is 5.24. The number of hydrogen-bond acceptors (Lipinski definition) is 4. The molecule has 0 saturated heterocycles. The van der Waals surface area contributed by atoms with Crippen molar-refractivity contribution in [1.82, 2.24) is 10.3 Å². The summed E-state index contributed by atoms with van der Waals surface area (Å²) >= 11 is 0. The van der Waals surface area contributed by atoms with E-state index in [0.29, 0.717) is 23.6 Å². The lowest BCUT2D eigenvalue weighted by atomic mass is 10.1. The van der Waals surface area contributed by atoms with Crippen molar-refractivity contribution in [3.05, 3.63) is 18.3 Å². The molecule has 1 saturated carbocycles. The van der Waals surface area contributed by atoms with Gasteiger partial charge in [0.1, 0.15) is 0 Å². The molecule has 0 spiro atoms. The maximum Gasteiger partial charge on any atom is 0.237 e. The monoisotopic (exact) mass is 207 g/mol. The summed E-state index contributed by atoms with van der Waals surface area (Å²) in [6.07, 6.45) is 4.14. The Hall–Kier alpha value is -1.29. The number of hydrogen-bond donors (Lipinski definition) is 2. The second kappa shape index (κ2) is 4.06. The van der Waals surface area contributed by atoms with Crippen LogP contribution in [-0.2, 0) is 0 Å². The first-order valence-electron chi connectivity index (χ1n) is 5.24. The third-order valence-electron chi connectivity index (χ3n) is 2.82. The Balaban J connectivity index is 1.91. The first kappa shape index (κ1) is 10.2. The predicted octanol–water partition coefficient (Wildman–Crippen LogP) is 1.04. The highest BCUT2D eigenvalue weighted by molar-refractivity contribution is 5.46. The number of nitrogens with zero attached hydrogens (tertiary/aromatic N) is 1. The second-order valence-electron chi connectivity index (χ2n) is 4.22. The quantitative estimate of drug-likeness (QED) is 0.757. The van der Waals surface area contributed by atoms with Gasteiger partial charge in [0.15, 0.2) is 0 Å². The van der Waals surface area contributed by atoms with Crippen LogP contribution in [0, 0.1) is 5.41 Å². The highest BCUT2D eigenvalue weighted by Crippen LogP contribution is 2.45. The molecule has 0 radical (unpaired) electrons. The molecule has 1 aromatic rings. The van der Waals surface area contributed by atoms with Crippen molar-refractivity contribution in [2.24, 2.45) is 5.41 Å². The maximum atomic E-state index is 5.74. The van der Waals surface area contributed by atoms with Gasteiger partial charge in [-0.1, -0.05) is 0 Å². The Kier molecular flexibility index (Phi) is 2.77. The van der Waals surface area contributed by atoms with E-state index in [9.17, 15) is 0 Å².